The van der Waals surface area contributed by atoms with E-state index in [2.05, 4.69) is 36.5 Å². The summed E-state index contributed by atoms with van der Waals surface area (Å²) in [6.45, 7) is 10.6. The summed E-state index contributed by atoms with van der Waals surface area (Å²) in [5, 5.41) is 9.73. The van der Waals surface area contributed by atoms with Crippen LogP contribution in [0.15, 0.2) is 36.7 Å². The predicted molar refractivity (Wildman–Crippen MR) is 116 cm³/mol. The summed E-state index contributed by atoms with van der Waals surface area (Å²) in [6.07, 6.45) is 3.12. The lowest BCUT2D eigenvalue weighted by Gasteiger charge is -2.24. The molecule has 0 unspecified atom stereocenters. The average Bonchev–Trinajstić information content (AvgIpc) is 3.15. The van der Waals surface area contributed by atoms with Gasteiger partial charge in [0.15, 0.2) is 6.61 Å². The van der Waals surface area contributed by atoms with Crippen LogP contribution < -0.4 is 15.4 Å². The zero-order chi connectivity index (χ0) is 22.4. The van der Waals surface area contributed by atoms with Crippen LogP contribution in [0.3, 0.4) is 0 Å². The van der Waals surface area contributed by atoms with Gasteiger partial charge < -0.3 is 20.1 Å². The van der Waals surface area contributed by atoms with Gasteiger partial charge in [-0.1, -0.05) is 32.9 Å². The molecule has 8 nitrogen and oxygen atoms in total. The molecule has 1 aromatic carbocycles. The third-order valence-corrected chi connectivity index (χ3v) is 4.68. The standard InChI is InChI=1S/C22H32N4O4/c1-21(2,3)16-7-9-18(10-8-16)30-15-19(27)25-17-13-24-26(14-17)22(4,5)20(28)23-11-12-29-6/h7-10,13-14H,11-12,15H2,1-6H3,(H,23,28)(H,25,27). The van der Waals surface area contributed by atoms with Gasteiger partial charge >= 0.3 is 0 Å². The van der Waals surface area contributed by atoms with E-state index in [-0.39, 0.29) is 23.8 Å². The maximum absolute atomic E-state index is 12.4. The van der Waals surface area contributed by atoms with E-state index in [1.54, 1.807) is 27.2 Å². The molecule has 0 spiro atoms. The Hall–Kier alpha value is -2.87. The number of hydrogen-bond acceptors (Lipinski definition) is 5. The van der Waals surface area contributed by atoms with Crippen LogP contribution in [0.4, 0.5) is 5.69 Å². The molecule has 0 bridgehead atoms. The van der Waals surface area contributed by atoms with E-state index < -0.39 is 5.54 Å². The van der Waals surface area contributed by atoms with Gasteiger partial charge in [0.05, 0.1) is 18.5 Å². The van der Waals surface area contributed by atoms with E-state index in [9.17, 15) is 9.59 Å². The normalized spacial score (nSPS) is 11.8. The molecule has 8 heteroatoms. The first-order valence-electron chi connectivity index (χ1n) is 9.89. The fraction of sp³-hybridized carbons (Fsp3) is 0.500. The van der Waals surface area contributed by atoms with Gasteiger partial charge in [-0.2, -0.15) is 5.10 Å². The van der Waals surface area contributed by atoms with Crippen molar-refractivity contribution in [2.45, 2.75) is 45.6 Å². The molecule has 0 fully saturated rings. The van der Waals surface area contributed by atoms with Crippen LogP contribution in [0.1, 0.15) is 40.2 Å². The maximum Gasteiger partial charge on any atom is 0.262 e. The minimum Gasteiger partial charge on any atom is -0.484 e. The monoisotopic (exact) mass is 416 g/mol. The quantitative estimate of drug-likeness (QED) is 0.613. The summed E-state index contributed by atoms with van der Waals surface area (Å²) in [4.78, 5) is 24.6. The SMILES string of the molecule is COCCNC(=O)C(C)(C)n1cc(NC(=O)COc2ccc(C(C)(C)C)cc2)cn1. The molecule has 0 atom stereocenters. The highest BCUT2D eigenvalue weighted by molar-refractivity contribution is 5.91. The van der Waals surface area contributed by atoms with E-state index >= 15 is 0 Å². The van der Waals surface area contributed by atoms with Crippen LogP contribution in [0.2, 0.25) is 0 Å². The van der Waals surface area contributed by atoms with Crippen molar-refractivity contribution < 1.29 is 19.1 Å². The van der Waals surface area contributed by atoms with Gasteiger partial charge in [-0.05, 0) is 37.0 Å². The molecular weight excluding hydrogens is 384 g/mol. The van der Waals surface area contributed by atoms with Crippen LogP contribution in [-0.2, 0) is 25.3 Å². The maximum atomic E-state index is 12.4. The number of rotatable bonds is 9. The van der Waals surface area contributed by atoms with Crippen molar-refractivity contribution in [3.8, 4) is 5.75 Å². The van der Waals surface area contributed by atoms with Crippen molar-refractivity contribution in [1.29, 1.82) is 0 Å². The molecule has 0 saturated heterocycles. The van der Waals surface area contributed by atoms with Crippen molar-refractivity contribution in [2.24, 2.45) is 0 Å². The summed E-state index contributed by atoms with van der Waals surface area (Å²) in [7, 11) is 1.57. The molecule has 2 aromatic rings. The summed E-state index contributed by atoms with van der Waals surface area (Å²) in [6, 6.07) is 7.71. The van der Waals surface area contributed by atoms with E-state index in [0.29, 0.717) is 24.6 Å². The Balaban J connectivity index is 1.89. The minimum absolute atomic E-state index is 0.0600. The molecule has 30 heavy (non-hydrogen) atoms. The lowest BCUT2D eigenvalue weighted by molar-refractivity contribution is -0.129. The molecule has 0 aliphatic heterocycles. The first kappa shape index (κ1) is 23.4. The number of ether oxygens (including phenoxy) is 2. The number of anilines is 1. The lowest BCUT2D eigenvalue weighted by atomic mass is 9.87. The third kappa shape index (κ3) is 6.32. The Morgan fingerprint density at radius 3 is 2.37 bits per heavy atom. The molecule has 164 valence electrons. The number of nitrogens with one attached hydrogen (secondary N) is 2. The predicted octanol–water partition coefficient (Wildman–Crippen LogP) is 2.70. The summed E-state index contributed by atoms with van der Waals surface area (Å²) in [5.41, 5.74) is 0.831. The average molecular weight is 417 g/mol. The number of aromatic nitrogens is 2. The minimum atomic E-state index is -0.915. The summed E-state index contributed by atoms with van der Waals surface area (Å²) < 4.78 is 12.0. The summed E-state index contributed by atoms with van der Waals surface area (Å²) >= 11 is 0. The van der Waals surface area contributed by atoms with E-state index in [1.165, 1.54) is 16.4 Å². The van der Waals surface area contributed by atoms with Crippen molar-refractivity contribution >= 4 is 17.5 Å². The van der Waals surface area contributed by atoms with Gasteiger partial charge in [0.1, 0.15) is 11.3 Å². The topological polar surface area (TPSA) is 94.5 Å². The van der Waals surface area contributed by atoms with Gasteiger partial charge in [0, 0.05) is 19.9 Å². The number of methoxy groups -OCH3 is 1. The molecule has 2 rings (SSSR count). The molecule has 1 aromatic heterocycles. The fourth-order valence-corrected chi connectivity index (χ4v) is 2.68. The molecule has 2 amide bonds. The Kier molecular flexibility index (Phi) is 7.61. The first-order chi connectivity index (χ1) is 14.0. The number of carbonyl (C=O) groups is 2. The highest BCUT2D eigenvalue weighted by Gasteiger charge is 2.30. The van der Waals surface area contributed by atoms with Crippen LogP contribution in [0.25, 0.3) is 0 Å². The molecular formula is C22H32N4O4. The summed E-state index contributed by atoms with van der Waals surface area (Å²) in [5.74, 6) is 0.127. The van der Waals surface area contributed by atoms with Crippen LogP contribution in [-0.4, -0.2) is 48.5 Å². The number of nitrogens with zero attached hydrogens (tertiary/aromatic N) is 2. The molecule has 1 heterocycles. The number of carbonyl (C=O) groups excluding carboxylic acids is 2. The molecule has 0 aliphatic carbocycles. The Bertz CT molecular complexity index is 851. The fourth-order valence-electron chi connectivity index (χ4n) is 2.68. The highest BCUT2D eigenvalue weighted by Crippen LogP contribution is 2.24. The highest BCUT2D eigenvalue weighted by atomic mass is 16.5. The van der Waals surface area contributed by atoms with E-state index in [0.717, 1.165) is 0 Å². The smallest absolute Gasteiger partial charge is 0.262 e. The van der Waals surface area contributed by atoms with Gasteiger partial charge in [0.2, 0.25) is 5.91 Å². The number of hydrogen-bond donors (Lipinski definition) is 2. The third-order valence-electron chi connectivity index (χ3n) is 4.68. The first-order valence-corrected chi connectivity index (χ1v) is 9.89. The van der Waals surface area contributed by atoms with Crippen molar-refractivity contribution in [2.75, 3.05) is 32.2 Å². The van der Waals surface area contributed by atoms with Gasteiger partial charge in [-0.25, -0.2) is 0 Å². The molecule has 2 N–H and O–H groups in total. The zero-order valence-corrected chi connectivity index (χ0v) is 18.6. The Labute approximate surface area is 177 Å². The van der Waals surface area contributed by atoms with Crippen molar-refractivity contribution in [3.05, 3.63) is 42.2 Å². The second kappa shape index (κ2) is 9.75. The Morgan fingerprint density at radius 1 is 1.10 bits per heavy atom. The molecule has 0 saturated carbocycles. The van der Waals surface area contributed by atoms with Crippen molar-refractivity contribution in [1.82, 2.24) is 15.1 Å². The largest absolute Gasteiger partial charge is 0.484 e. The van der Waals surface area contributed by atoms with Crippen LogP contribution >= 0.6 is 0 Å². The lowest BCUT2D eigenvalue weighted by Crippen LogP contribution is -2.45. The number of amides is 2. The number of benzene rings is 1. The zero-order valence-electron chi connectivity index (χ0n) is 18.6. The second-order valence-corrected chi connectivity index (χ2v) is 8.59. The van der Waals surface area contributed by atoms with Gasteiger partial charge in [-0.3, -0.25) is 14.3 Å². The van der Waals surface area contributed by atoms with Crippen LogP contribution in [0, 0.1) is 0 Å². The van der Waals surface area contributed by atoms with E-state index in [4.69, 9.17) is 9.47 Å². The second-order valence-electron chi connectivity index (χ2n) is 8.59. The van der Waals surface area contributed by atoms with Crippen LogP contribution in [0.5, 0.6) is 5.75 Å². The Morgan fingerprint density at radius 2 is 1.77 bits per heavy atom. The molecule has 0 radical (unpaired) electrons. The van der Waals surface area contributed by atoms with Crippen molar-refractivity contribution in [3.63, 3.8) is 0 Å². The van der Waals surface area contributed by atoms with E-state index in [1.807, 2.05) is 24.3 Å². The van der Waals surface area contributed by atoms with Gasteiger partial charge in [0.25, 0.3) is 5.91 Å². The molecule has 0 aliphatic rings. The van der Waals surface area contributed by atoms with Gasteiger partial charge in [-0.15, -0.1) is 0 Å².